The van der Waals surface area contributed by atoms with Gasteiger partial charge in [0.05, 0.1) is 11.4 Å². The number of aromatic nitrogens is 1. The third kappa shape index (κ3) is 1.98. The lowest BCUT2D eigenvalue weighted by molar-refractivity contribution is -0.140. The number of amides is 1. The molecule has 19 heavy (non-hydrogen) atoms. The lowest BCUT2D eigenvalue weighted by atomic mass is 10.1. The van der Waals surface area contributed by atoms with Crippen LogP contribution >= 0.6 is 11.8 Å². The van der Waals surface area contributed by atoms with E-state index in [1.54, 1.807) is 6.20 Å². The first-order valence-electron chi connectivity index (χ1n) is 5.86. The maximum Gasteiger partial charge on any atom is 0.327 e. The summed E-state index contributed by atoms with van der Waals surface area (Å²) in [5.41, 5.74) is 1.41. The Morgan fingerprint density at radius 3 is 2.95 bits per heavy atom. The number of aromatic amines is 1. The van der Waals surface area contributed by atoms with Crippen LogP contribution in [-0.2, 0) is 4.79 Å². The third-order valence-electron chi connectivity index (χ3n) is 3.25. The van der Waals surface area contributed by atoms with Gasteiger partial charge in [0.25, 0.3) is 5.91 Å². The van der Waals surface area contributed by atoms with Crippen molar-refractivity contribution in [1.82, 2.24) is 9.88 Å². The van der Waals surface area contributed by atoms with Gasteiger partial charge < -0.3 is 15.0 Å². The first-order chi connectivity index (χ1) is 9.18. The van der Waals surface area contributed by atoms with Crippen LogP contribution < -0.4 is 0 Å². The average molecular weight is 276 g/mol. The number of nitrogens with one attached hydrogen (secondary N) is 1. The molecule has 1 saturated heterocycles. The number of carboxylic acids is 1. The summed E-state index contributed by atoms with van der Waals surface area (Å²) in [4.78, 5) is 28.1. The Labute approximate surface area is 113 Å². The van der Waals surface area contributed by atoms with E-state index in [9.17, 15) is 9.59 Å². The molecular weight excluding hydrogens is 264 g/mol. The topological polar surface area (TPSA) is 73.4 Å². The number of carboxylic acid groups (broad SMARTS) is 1. The fourth-order valence-electron chi connectivity index (χ4n) is 2.25. The number of hydrogen-bond donors (Lipinski definition) is 2. The standard InChI is InChI=1S/C13H12N2O3S/c16-12(15-7-19-6-11(15)13(17)18)9-5-14-10-4-2-1-3-8(9)10/h1-5,11,14H,6-7H2,(H,17,18)/t11-/m1/s1. The molecule has 1 amide bonds. The number of benzene rings is 1. The second-order valence-electron chi connectivity index (χ2n) is 4.38. The molecule has 0 aliphatic carbocycles. The number of hydrogen-bond acceptors (Lipinski definition) is 3. The SMILES string of the molecule is O=C(O)[C@H]1CSCN1C(=O)c1c[nH]c2ccccc12. The van der Waals surface area contributed by atoms with E-state index in [0.29, 0.717) is 17.2 Å². The van der Waals surface area contributed by atoms with Gasteiger partial charge in [0.2, 0.25) is 0 Å². The van der Waals surface area contributed by atoms with E-state index in [2.05, 4.69) is 4.98 Å². The van der Waals surface area contributed by atoms with Crippen LogP contribution in [0.25, 0.3) is 10.9 Å². The molecule has 2 aromatic rings. The first kappa shape index (κ1) is 12.1. The van der Waals surface area contributed by atoms with Gasteiger partial charge in [-0.15, -0.1) is 11.8 Å². The van der Waals surface area contributed by atoms with Crippen LogP contribution in [0.4, 0.5) is 0 Å². The molecule has 0 spiro atoms. The van der Waals surface area contributed by atoms with Gasteiger partial charge in [-0.25, -0.2) is 4.79 Å². The predicted octanol–water partition coefficient (Wildman–Crippen LogP) is 1.77. The molecule has 5 nitrogen and oxygen atoms in total. The van der Waals surface area contributed by atoms with Crippen LogP contribution in [0.5, 0.6) is 0 Å². The zero-order valence-corrected chi connectivity index (χ0v) is 10.8. The monoisotopic (exact) mass is 276 g/mol. The Balaban J connectivity index is 1.98. The van der Waals surface area contributed by atoms with E-state index in [4.69, 9.17) is 5.11 Å². The summed E-state index contributed by atoms with van der Waals surface area (Å²) < 4.78 is 0. The highest BCUT2D eigenvalue weighted by Crippen LogP contribution is 2.26. The lowest BCUT2D eigenvalue weighted by Gasteiger charge is -2.19. The molecule has 0 bridgehead atoms. The largest absolute Gasteiger partial charge is 0.480 e. The highest BCUT2D eigenvalue weighted by Gasteiger charge is 2.35. The highest BCUT2D eigenvalue weighted by atomic mass is 32.2. The van der Waals surface area contributed by atoms with Gasteiger partial charge in [-0.1, -0.05) is 18.2 Å². The van der Waals surface area contributed by atoms with Crippen molar-refractivity contribution < 1.29 is 14.7 Å². The normalized spacial score (nSPS) is 18.9. The fourth-order valence-corrected chi connectivity index (χ4v) is 3.40. The summed E-state index contributed by atoms with van der Waals surface area (Å²) in [5, 5.41) is 9.96. The van der Waals surface area contributed by atoms with Crippen molar-refractivity contribution in [3.8, 4) is 0 Å². The van der Waals surface area contributed by atoms with E-state index < -0.39 is 12.0 Å². The zero-order valence-electron chi connectivity index (χ0n) is 10.00. The zero-order chi connectivity index (χ0) is 13.4. The number of aliphatic carboxylic acids is 1. The molecule has 1 atom stereocenters. The molecule has 2 heterocycles. The molecule has 3 rings (SSSR count). The molecule has 1 aliphatic rings. The van der Waals surface area contributed by atoms with Crippen molar-refractivity contribution in [2.24, 2.45) is 0 Å². The Bertz CT molecular complexity index is 652. The number of fused-ring (bicyclic) bond motifs is 1. The number of H-pyrrole nitrogens is 1. The molecule has 1 aromatic heterocycles. The Morgan fingerprint density at radius 2 is 2.16 bits per heavy atom. The van der Waals surface area contributed by atoms with Gasteiger partial charge >= 0.3 is 5.97 Å². The second-order valence-corrected chi connectivity index (χ2v) is 5.38. The van der Waals surface area contributed by atoms with E-state index in [1.807, 2.05) is 24.3 Å². The number of rotatable bonds is 2. The van der Waals surface area contributed by atoms with Crippen molar-refractivity contribution >= 4 is 34.5 Å². The Kier molecular flexibility index (Phi) is 2.94. The molecule has 1 aromatic carbocycles. The van der Waals surface area contributed by atoms with E-state index in [0.717, 1.165) is 10.9 Å². The van der Waals surface area contributed by atoms with Crippen LogP contribution in [0.2, 0.25) is 0 Å². The molecule has 1 fully saturated rings. The smallest absolute Gasteiger partial charge is 0.327 e. The molecule has 0 unspecified atom stereocenters. The molecule has 0 radical (unpaired) electrons. The molecular formula is C13H12N2O3S. The number of carbonyl (C=O) groups is 2. The molecule has 1 aliphatic heterocycles. The quantitative estimate of drug-likeness (QED) is 0.876. The van der Waals surface area contributed by atoms with E-state index >= 15 is 0 Å². The summed E-state index contributed by atoms with van der Waals surface area (Å²) in [5.74, 6) is -0.299. The maximum absolute atomic E-state index is 12.5. The summed E-state index contributed by atoms with van der Waals surface area (Å²) >= 11 is 1.46. The van der Waals surface area contributed by atoms with Gasteiger partial charge in [0.15, 0.2) is 0 Å². The second kappa shape index (κ2) is 4.62. The fraction of sp³-hybridized carbons (Fsp3) is 0.231. The van der Waals surface area contributed by atoms with E-state index in [1.165, 1.54) is 16.7 Å². The van der Waals surface area contributed by atoms with Gasteiger partial charge in [-0.3, -0.25) is 4.79 Å². The van der Waals surface area contributed by atoms with Crippen molar-refractivity contribution in [1.29, 1.82) is 0 Å². The average Bonchev–Trinajstić information content (AvgIpc) is 3.05. The van der Waals surface area contributed by atoms with Crippen molar-refractivity contribution in [2.75, 3.05) is 11.6 Å². The van der Waals surface area contributed by atoms with Gasteiger partial charge in [0, 0.05) is 22.9 Å². The van der Waals surface area contributed by atoms with Crippen LogP contribution in [-0.4, -0.2) is 44.5 Å². The van der Waals surface area contributed by atoms with Crippen molar-refractivity contribution in [2.45, 2.75) is 6.04 Å². The Morgan fingerprint density at radius 1 is 1.37 bits per heavy atom. The summed E-state index contributed by atoms with van der Waals surface area (Å²) in [6.07, 6.45) is 1.65. The summed E-state index contributed by atoms with van der Waals surface area (Å²) in [6.45, 7) is 0. The van der Waals surface area contributed by atoms with Crippen LogP contribution in [0.15, 0.2) is 30.5 Å². The van der Waals surface area contributed by atoms with Gasteiger partial charge in [-0.05, 0) is 6.07 Å². The number of carbonyl (C=O) groups excluding carboxylic acids is 1. The third-order valence-corrected chi connectivity index (χ3v) is 4.26. The minimum absolute atomic E-state index is 0.227. The number of para-hydroxylation sites is 1. The molecule has 6 heteroatoms. The van der Waals surface area contributed by atoms with Crippen LogP contribution in [0.1, 0.15) is 10.4 Å². The van der Waals surface area contributed by atoms with Crippen molar-refractivity contribution in [3.63, 3.8) is 0 Å². The minimum atomic E-state index is -0.946. The maximum atomic E-state index is 12.5. The summed E-state index contributed by atoms with van der Waals surface area (Å²) in [7, 11) is 0. The first-order valence-corrected chi connectivity index (χ1v) is 7.01. The molecule has 98 valence electrons. The number of thioether (sulfide) groups is 1. The van der Waals surface area contributed by atoms with E-state index in [-0.39, 0.29) is 5.91 Å². The van der Waals surface area contributed by atoms with Crippen LogP contribution in [0.3, 0.4) is 0 Å². The minimum Gasteiger partial charge on any atom is -0.480 e. The molecule has 2 N–H and O–H groups in total. The lowest BCUT2D eigenvalue weighted by Crippen LogP contribution is -2.41. The van der Waals surface area contributed by atoms with Gasteiger partial charge in [-0.2, -0.15) is 0 Å². The molecule has 0 saturated carbocycles. The Hall–Kier alpha value is -1.95. The predicted molar refractivity (Wildman–Crippen MR) is 73.2 cm³/mol. The van der Waals surface area contributed by atoms with Crippen molar-refractivity contribution in [3.05, 3.63) is 36.0 Å². The number of nitrogens with zero attached hydrogens (tertiary/aromatic N) is 1. The van der Waals surface area contributed by atoms with Crippen LogP contribution in [0, 0.1) is 0 Å². The highest BCUT2D eigenvalue weighted by molar-refractivity contribution is 7.99. The van der Waals surface area contributed by atoms with Gasteiger partial charge in [0.1, 0.15) is 6.04 Å². The summed E-state index contributed by atoms with van der Waals surface area (Å²) in [6, 6.07) is 6.77.